The quantitative estimate of drug-likeness (QED) is 0.358. The Morgan fingerprint density at radius 2 is 2.08 bits per heavy atom. The van der Waals surface area contributed by atoms with Gasteiger partial charge in [0, 0.05) is 58.2 Å². The Bertz CT molecular complexity index is 542. The van der Waals surface area contributed by atoms with Crippen molar-refractivity contribution >= 4 is 41.3 Å². The predicted octanol–water partition coefficient (Wildman–Crippen LogP) is 2.35. The molecule has 0 aliphatic carbocycles. The first-order valence-corrected chi connectivity index (χ1v) is 10.2. The highest BCUT2D eigenvalue weighted by atomic mass is 127. The van der Waals surface area contributed by atoms with Gasteiger partial charge in [0.15, 0.2) is 5.96 Å². The third-order valence-electron chi connectivity index (χ3n) is 4.48. The monoisotopic (exact) mass is 494 g/mol. The molecule has 1 aromatic heterocycles. The number of guanidine groups is 1. The molecule has 1 fully saturated rings. The van der Waals surface area contributed by atoms with Gasteiger partial charge in [0.1, 0.15) is 0 Å². The van der Waals surface area contributed by atoms with Crippen molar-refractivity contribution < 1.29 is 0 Å². The van der Waals surface area contributed by atoms with Crippen molar-refractivity contribution in [1.29, 1.82) is 0 Å². The molecule has 26 heavy (non-hydrogen) atoms. The van der Waals surface area contributed by atoms with Crippen LogP contribution in [0.15, 0.2) is 10.4 Å². The van der Waals surface area contributed by atoms with Gasteiger partial charge >= 0.3 is 0 Å². The average Bonchev–Trinajstić information content (AvgIpc) is 2.98. The molecule has 2 heterocycles. The molecule has 0 radical (unpaired) electrons. The number of aromatic nitrogens is 1. The highest BCUT2D eigenvalue weighted by molar-refractivity contribution is 14.0. The third-order valence-corrected chi connectivity index (χ3v) is 5.30. The topological polar surface area (TPSA) is 47.0 Å². The second kappa shape index (κ2) is 12.1. The number of nitrogens with one attached hydrogen (secondary N) is 1. The fourth-order valence-electron chi connectivity index (χ4n) is 3.04. The lowest BCUT2D eigenvalue weighted by molar-refractivity contribution is 0.140. The van der Waals surface area contributed by atoms with Gasteiger partial charge in [-0.05, 0) is 26.8 Å². The summed E-state index contributed by atoms with van der Waals surface area (Å²) >= 11 is 1.70. The fourth-order valence-corrected chi connectivity index (χ4v) is 3.64. The van der Waals surface area contributed by atoms with Gasteiger partial charge in [-0.15, -0.1) is 35.3 Å². The number of thiazole rings is 1. The molecule has 1 unspecified atom stereocenters. The molecule has 8 heteroatoms. The van der Waals surface area contributed by atoms with Crippen LogP contribution < -0.4 is 5.32 Å². The minimum absolute atomic E-state index is 0. The summed E-state index contributed by atoms with van der Waals surface area (Å²) in [6.45, 7) is 14.8. The van der Waals surface area contributed by atoms with Gasteiger partial charge in [-0.3, -0.25) is 4.99 Å². The Hall–Kier alpha value is -0.450. The van der Waals surface area contributed by atoms with Gasteiger partial charge in [-0.2, -0.15) is 0 Å². The molecule has 1 aliphatic rings. The molecule has 2 rings (SSSR count). The van der Waals surface area contributed by atoms with Gasteiger partial charge in [0.05, 0.1) is 17.2 Å². The van der Waals surface area contributed by atoms with E-state index in [-0.39, 0.29) is 24.0 Å². The lowest BCUT2D eigenvalue weighted by atomic mass is 10.1. The molecule has 1 N–H and O–H groups in total. The number of rotatable bonds is 7. The molecule has 150 valence electrons. The molecule has 1 aliphatic heterocycles. The number of piperazine rings is 1. The fraction of sp³-hybridized carbons (Fsp3) is 0.778. The number of halogens is 1. The van der Waals surface area contributed by atoms with Gasteiger partial charge in [0.25, 0.3) is 0 Å². The first kappa shape index (κ1) is 23.6. The highest BCUT2D eigenvalue weighted by Gasteiger charge is 2.16. The van der Waals surface area contributed by atoms with Crippen LogP contribution in [-0.2, 0) is 6.54 Å². The van der Waals surface area contributed by atoms with Crippen molar-refractivity contribution in [3.63, 3.8) is 0 Å². The van der Waals surface area contributed by atoms with Gasteiger partial charge in [-0.1, -0.05) is 6.92 Å². The summed E-state index contributed by atoms with van der Waals surface area (Å²) < 4.78 is 0. The normalized spacial score (nSPS) is 17.7. The summed E-state index contributed by atoms with van der Waals surface area (Å²) in [5.41, 5.74) is 1.11. The molecular weight excluding hydrogens is 459 g/mol. The number of likely N-dealkylation sites (N-methyl/N-ethyl adjacent to an activating group) is 1. The molecule has 0 amide bonds. The molecular formula is C18H35IN6S. The van der Waals surface area contributed by atoms with E-state index in [9.17, 15) is 0 Å². The molecule has 6 nitrogen and oxygen atoms in total. The molecule has 0 bridgehead atoms. The maximum Gasteiger partial charge on any atom is 0.194 e. The summed E-state index contributed by atoms with van der Waals surface area (Å²) in [4.78, 5) is 16.6. The zero-order chi connectivity index (χ0) is 18.2. The van der Waals surface area contributed by atoms with E-state index in [4.69, 9.17) is 4.99 Å². The van der Waals surface area contributed by atoms with Crippen LogP contribution in [0.1, 0.15) is 24.5 Å². The van der Waals surface area contributed by atoms with Gasteiger partial charge in [-0.25, -0.2) is 4.98 Å². The van der Waals surface area contributed by atoms with Crippen LogP contribution in [-0.4, -0.2) is 85.6 Å². The largest absolute Gasteiger partial charge is 0.357 e. The number of nitrogens with zero attached hydrogens (tertiary/aromatic N) is 5. The zero-order valence-electron chi connectivity index (χ0n) is 16.9. The van der Waals surface area contributed by atoms with Crippen LogP contribution in [0.4, 0.5) is 0 Å². The van der Waals surface area contributed by atoms with Crippen molar-refractivity contribution in [2.75, 3.05) is 59.9 Å². The lowest BCUT2D eigenvalue weighted by Crippen LogP contribution is -2.46. The first-order chi connectivity index (χ1) is 12.0. The molecule has 1 saturated heterocycles. The van der Waals surface area contributed by atoms with E-state index in [1.54, 1.807) is 11.3 Å². The maximum atomic E-state index is 4.87. The summed E-state index contributed by atoms with van der Waals surface area (Å²) in [7, 11) is 4.29. The number of aliphatic imine (C=N–C) groups is 1. The minimum Gasteiger partial charge on any atom is -0.357 e. The van der Waals surface area contributed by atoms with E-state index in [2.05, 4.69) is 58.3 Å². The van der Waals surface area contributed by atoms with E-state index in [1.165, 1.54) is 26.2 Å². The Balaban J connectivity index is 0.00000338. The van der Waals surface area contributed by atoms with E-state index in [0.29, 0.717) is 5.92 Å². The zero-order valence-corrected chi connectivity index (χ0v) is 20.0. The summed E-state index contributed by atoms with van der Waals surface area (Å²) in [5, 5.41) is 6.65. The van der Waals surface area contributed by atoms with Gasteiger partial charge < -0.3 is 20.0 Å². The van der Waals surface area contributed by atoms with E-state index in [0.717, 1.165) is 42.8 Å². The van der Waals surface area contributed by atoms with Gasteiger partial charge in [0.2, 0.25) is 0 Å². The van der Waals surface area contributed by atoms with Crippen LogP contribution >= 0.6 is 35.3 Å². The van der Waals surface area contributed by atoms with Crippen molar-refractivity contribution in [3.05, 3.63) is 16.1 Å². The van der Waals surface area contributed by atoms with Crippen LogP contribution in [0.3, 0.4) is 0 Å². The molecule has 0 saturated carbocycles. The minimum atomic E-state index is 0. The summed E-state index contributed by atoms with van der Waals surface area (Å²) in [6, 6.07) is 0. The third kappa shape index (κ3) is 8.06. The molecule has 1 aromatic rings. The molecule has 1 atom stereocenters. The average molecular weight is 494 g/mol. The van der Waals surface area contributed by atoms with E-state index >= 15 is 0 Å². The van der Waals surface area contributed by atoms with Crippen LogP contribution in [0, 0.1) is 12.8 Å². The number of hydrogen-bond donors (Lipinski definition) is 1. The predicted molar refractivity (Wildman–Crippen MR) is 123 cm³/mol. The van der Waals surface area contributed by atoms with Crippen molar-refractivity contribution in [2.45, 2.75) is 27.3 Å². The SMILES string of the molecule is CCNC(=NCC(C)CN1CCN(C)CC1)N(C)Cc1csc(C)n1.I. The first-order valence-electron chi connectivity index (χ1n) is 9.29. The highest BCUT2D eigenvalue weighted by Crippen LogP contribution is 2.10. The standard InChI is InChI=1S/C18H34N6S.HI/c1-6-19-18(23(5)13-17-14-25-16(3)21-17)20-11-15(2)12-24-9-7-22(4)8-10-24;/h14-15H,6-13H2,1-5H3,(H,19,20);1H. The summed E-state index contributed by atoms with van der Waals surface area (Å²) in [6.07, 6.45) is 0. The second-order valence-electron chi connectivity index (χ2n) is 7.12. The number of hydrogen-bond acceptors (Lipinski definition) is 5. The van der Waals surface area contributed by atoms with Crippen LogP contribution in [0.2, 0.25) is 0 Å². The van der Waals surface area contributed by atoms with Crippen LogP contribution in [0.5, 0.6) is 0 Å². The molecule has 0 aromatic carbocycles. The smallest absolute Gasteiger partial charge is 0.194 e. The Kier molecular flexibility index (Phi) is 11.0. The Morgan fingerprint density at radius 1 is 1.38 bits per heavy atom. The molecule has 0 spiro atoms. The van der Waals surface area contributed by atoms with Crippen molar-refractivity contribution in [1.82, 2.24) is 25.0 Å². The van der Waals surface area contributed by atoms with Crippen molar-refractivity contribution in [3.8, 4) is 0 Å². The Morgan fingerprint density at radius 3 is 2.65 bits per heavy atom. The maximum absolute atomic E-state index is 4.87. The van der Waals surface area contributed by atoms with E-state index < -0.39 is 0 Å². The van der Waals surface area contributed by atoms with Crippen molar-refractivity contribution in [2.24, 2.45) is 10.9 Å². The second-order valence-corrected chi connectivity index (χ2v) is 8.18. The van der Waals surface area contributed by atoms with E-state index in [1.807, 2.05) is 6.92 Å². The lowest BCUT2D eigenvalue weighted by Gasteiger charge is -2.33. The Labute approximate surface area is 180 Å². The van der Waals surface area contributed by atoms with Crippen LogP contribution in [0.25, 0.3) is 0 Å². The number of aryl methyl sites for hydroxylation is 1. The summed E-state index contributed by atoms with van der Waals surface area (Å²) in [5.74, 6) is 1.53.